The van der Waals surface area contributed by atoms with Crippen molar-refractivity contribution in [3.05, 3.63) is 81.2 Å². The number of carbonyl (C=O) groups is 1. The lowest BCUT2D eigenvalue weighted by Crippen LogP contribution is -2.03. The number of aromatic nitrogens is 1. The van der Waals surface area contributed by atoms with E-state index in [0.29, 0.717) is 23.4 Å². The maximum absolute atomic E-state index is 12.9. The number of carbonyl (C=O) groups excluding carboxylic acids is 1. The van der Waals surface area contributed by atoms with Crippen molar-refractivity contribution < 1.29 is 4.79 Å². The number of thiophene rings is 1. The molecule has 5 heteroatoms. The van der Waals surface area contributed by atoms with Crippen LogP contribution >= 0.6 is 22.9 Å². The summed E-state index contributed by atoms with van der Waals surface area (Å²) in [5.41, 5.74) is 12.2. The van der Waals surface area contributed by atoms with Crippen molar-refractivity contribution in [1.29, 1.82) is 0 Å². The van der Waals surface area contributed by atoms with Crippen molar-refractivity contribution in [3.8, 4) is 11.3 Å². The predicted octanol–water partition coefficient (Wildman–Crippen LogP) is 6.89. The number of hydrogen-bond acceptors (Lipinski definition) is 4. The second kappa shape index (κ2) is 8.58. The average Bonchev–Trinajstić information content (AvgIpc) is 3.10. The van der Waals surface area contributed by atoms with Crippen LogP contribution in [0.25, 0.3) is 21.5 Å². The van der Waals surface area contributed by atoms with Crippen LogP contribution < -0.4 is 5.73 Å². The molecular formula is C25H23ClN2OS. The van der Waals surface area contributed by atoms with Crippen molar-refractivity contribution in [1.82, 2.24) is 4.98 Å². The van der Waals surface area contributed by atoms with Gasteiger partial charge in [0.15, 0.2) is 5.78 Å². The molecule has 0 aliphatic carbocycles. The Balaban J connectivity index is 1.59. The fourth-order valence-corrected chi connectivity index (χ4v) is 4.82. The summed E-state index contributed by atoms with van der Waals surface area (Å²) in [6, 6.07) is 18.2. The van der Waals surface area contributed by atoms with Crippen LogP contribution in [0.1, 0.15) is 39.7 Å². The van der Waals surface area contributed by atoms with E-state index in [0.717, 1.165) is 44.0 Å². The summed E-state index contributed by atoms with van der Waals surface area (Å²) in [5.74, 6) is 0.0451. The number of nitrogens with two attached hydrogens (primary N) is 1. The van der Waals surface area contributed by atoms with Crippen LogP contribution in [-0.2, 0) is 12.8 Å². The first kappa shape index (κ1) is 20.6. The SMILES string of the molecule is CCc1ccc(-c2ccc3c(N)c(C(=O)CCc4cccc(Cl)c4C)sc3n2)cc1. The number of benzene rings is 2. The van der Waals surface area contributed by atoms with E-state index >= 15 is 0 Å². The zero-order chi connectivity index (χ0) is 21.3. The number of pyridine rings is 1. The van der Waals surface area contributed by atoms with E-state index in [4.69, 9.17) is 22.3 Å². The van der Waals surface area contributed by atoms with Gasteiger partial charge in [-0.05, 0) is 54.7 Å². The molecule has 0 saturated heterocycles. The number of nitrogen functional groups attached to an aromatic ring is 1. The van der Waals surface area contributed by atoms with Gasteiger partial charge in [0.2, 0.25) is 0 Å². The van der Waals surface area contributed by atoms with E-state index in [2.05, 4.69) is 31.2 Å². The molecule has 3 nitrogen and oxygen atoms in total. The Morgan fingerprint density at radius 3 is 2.60 bits per heavy atom. The Hall–Kier alpha value is -2.69. The number of anilines is 1. The van der Waals surface area contributed by atoms with Gasteiger partial charge in [0.25, 0.3) is 0 Å². The van der Waals surface area contributed by atoms with Gasteiger partial charge in [-0.1, -0.05) is 54.9 Å². The van der Waals surface area contributed by atoms with Crippen LogP contribution in [0, 0.1) is 6.92 Å². The van der Waals surface area contributed by atoms with Crippen molar-refractivity contribution >= 4 is 44.6 Å². The zero-order valence-electron chi connectivity index (χ0n) is 17.0. The van der Waals surface area contributed by atoms with Gasteiger partial charge in [0, 0.05) is 22.4 Å². The van der Waals surface area contributed by atoms with Crippen molar-refractivity contribution in [2.45, 2.75) is 33.1 Å². The Labute approximate surface area is 185 Å². The first-order chi connectivity index (χ1) is 14.5. The molecule has 30 heavy (non-hydrogen) atoms. The minimum atomic E-state index is 0.0451. The zero-order valence-corrected chi connectivity index (χ0v) is 18.6. The normalized spacial score (nSPS) is 11.2. The number of halogens is 1. The molecule has 0 fully saturated rings. The highest BCUT2D eigenvalue weighted by Gasteiger charge is 2.18. The summed E-state index contributed by atoms with van der Waals surface area (Å²) in [4.78, 5) is 19.1. The Bertz CT molecular complexity index is 1230. The van der Waals surface area contributed by atoms with Gasteiger partial charge in [0.05, 0.1) is 16.3 Å². The molecule has 0 unspecified atom stereocenters. The maximum Gasteiger partial charge on any atom is 0.175 e. The van der Waals surface area contributed by atoms with E-state index in [1.54, 1.807) is 0 Å². The summed E-state index contributed by atoms with van der Waals surface area (Å²) in [7, 11) is 0. The van der Waals surface area contributed by atoms with Gasteiger partial charge in [0.1, 0.15) is 4.83 Å². The number of rotatable bonds is 6. The topological polar surface area (TPSA) is 56.0 Å². The van der Waals surface area contributed by atoms with Gasteiger partial charge in [-0.2, -0.15) is 0 Å². The van der Waals surface area contributed by atoms with Gasteiger partial charge in [-0.15, -0.1) is 11.3 Å². The molecule has 0 aliphatic heterocycles. The van der Waals surface area contributed by atoms with E-state index in [1.165, 1.54) is 16.9 Å². The molecule has 0 radical (unpaired) electrons. The third kappa shape index (κ3) is 3.98. The lowest BCUT2D eigenvalue weighted by Gasteiger charge is -2.06. The minimum absolute atomic E-state index is 0.0451. The molecule has 2 aromatic carbocycles. The molecule has 0 amide bonds. The second-order valence-electron chi connectivity index (χ2n) is 7.39. The smallest absolute Gasteiger partial charge is 0.175 e. The molecule has 4 aromatic rings. The minimum Gasteiger partial charge on any atom is -0.397 e. The van der Waals surface area contributed by atoms with Crippen LogP contribution in [0.2, 0.25) is 5.02 Å². The highest BCUT2D eigenvalue weighted by Crippen LogP contribution is 2.35. The summed E-state index contributed by atoms with van der Waals surface area (Å²) in [6.07, 6.45) is 2.04. The standard InChI is InChI=1S/C25H23ClN2OS/c1-3-16-7-9-18(10-8-16)21-13-12-19-23(27)24(30-25(19)28-21)22(29)14-11-17-5-4-6-20(26)15(17)2/h4-10,12-13H,3,11,14,27H2,1-2H3. The lowest BCUT2D eigenvalue weighted by molar-refractivity contribution is 0.0987. The molecule has 152 valence electrons. The molecule has 0 bridgehead atoms. The number of hydrogen-bond donors (Lipinski definition) is 1. The van der Waals surface area contributed by atoms with E-state index in [1.807, 2.05) is 37.3 Å². The van der Waals surface area contributed by atoms with Crippen LogP contribution in [0.5, 0.6) is 0 Å². The number of aryl methyl sites for hydroxylation is 2. The Morgan fingerprint density at radius 2 is 1.87 bits per heavy atom. The van der Waals surface area contributed by atoms with Crippen LogP contribution in [0.4, 0.5) is 5.69 Å². The maximum atomic E-state index is 12.9. The molecule has 0 saturated carbocycles. The fraction of sp³-hybridized carbons (Fsp3) is 0.200. The summed E-state index contributed by atoms with van der Waals surface area (Å²) < 4.78 is 0. The molecule has 2 N–H and O–H groups in total. The van der Waals surface area contributed by atoms with Crippen LogP contribution in [-0.4, -0.2) is 10.8 Å². The summed E-state index contributed by atoms with van der Waals surface area (Å²) in [6.45, 7) is 4.12. The number of ketones is 1. The van der Waals surface area contributed by atoms with Crippen molar-refractivity contribution in [2.24, 2.45) is 0 Å². The number of Topliss-reactive ketones (excluding diaryl/α,β-unsaturated/α-hetero) is 1. The summed E-state index contributed by atoms with van der Waals surface area (Å²) >= 11 is 7.58. The average molecular weight is 435 g/mol. The van der Waals surface area contributed by atoms with Crippen molar-refractivity contribution in [2.75, 3.05) is 5.73 Å². The molecule has 2 aromatic heterocycles. The summed E-state index contributed by atoms with van der Waals surface area (Å²) in [5, 5.41) is 1.57. The van der Waals surface area contributed by atoms with Gasteiger partial charge in [-0.25, -0.2) is 4.98 Å². The lowest BCUT2D eigenvalue weighted by atomic mass is 10.0. The first-order valence-corrected chi connectivity index (χ1v) is 11.2. The van der Waals surface area contributed by atoms with Gasteiger partial charge < -0.3 is 5.73 Å². The van der Waals surface area contributed by atoms with Crippen molar-refractivity contribution in [3.63, 3.8) is 0 Å². The first-order valence-electron chi connectivity index (χ1n) is 10.0. The number of nitrogens with zero attached hydrogens (tertiary/aromatic N) is 1. The van der Waals surface area contributed by atoms with Crippen LogP contribution in [0.3, 0.4) is 0 Å². The van der Waals surface area contributed by atoms with E-state index in [-0.39, 0.29) is 5.78 Å². The largest absolute Gasteiger partial charge is 0.397 e. The molecule has 2 heterocycles. The monoisotopic (exact) mass is 434 g/mol. The third-order valence-corrected chi connectivity index (χ3v) is 7.07. The second-order valence-corrected chi connectivity index (χ2v) is 8.80. The van der Waals surface area contributed by atoms with Crippen LogP contribution in [0.15, 0.2) is 54.6 Å². The molecule has 0 aliphatic rings. The predicted molar refractivity (Wildman–Crippen MR) is 128 cm³/mol. The van der Waals surface area contributed by atoms with Gasteiger partial charge >= 0.3 is 0 Å². The number of fused-ring (bicyclic) bond motifs is 1. The van der Waals surface area contributed by atoms with Gasteiger partial charge in [-0.3, -0.25) is 4.79 Å². The molecule has 4 rings (SSSR count). The van der Waals surface area contributed by atoms with E-state index in [9.17, 15) is 4.79 Å². The fourth-order valence-electron chi connectivity index (χ4n) is 3.56. The molecule has 0 spiro atoms. The molecule has 0 atom stereocenters. The highest BCUT2D eigenvalue weighted by molar-refractivity contribution is 7.21. The van der Waals surface area contributed by atoms with E-state index < -0.39 is 0 Å². The quantitative estimate of drug-likeness (QED) is 0.336. The highest BCUT2D eigenvalue weighted by atomic mass is 35.5. The Morgan fingerprint density at radius 1 is 1.10 bits per heavy atom. The Kier molecular flexibility index (Phi) is 5.89. The third-order valence-electron chi connectivity index (χ3n) is 5.51. The molecular weight excluding hydrogens is 412 g/mol.